The molecule has 0 heterocycles. The lowest BCUT2D eigenvalue weighted by Gasteiger charge is -2.17. The zero-order valence-corrected chi connectivity index (χ0v) is 10.2. The molecule has 0 fully saturated rings. The second-order valence-corrected chi connectivity index (χ2v) is 4.12. The summed E-state index contributed by atoms with van der Waals surface area (Å²) in [7, 11) is 0. The van der Waals surface area contributed by atoms with E-state index in [0.717, 1.165) is 25.7 Å². The van der Waals surface area contributed by atoms with Crippen molar-refractivity contribution in [1.29, 1.82) is 0 Å². The van der Waals surface area contributed by atoms with Crippen LogP contribution in [0, 0.1) is 5.92 Å². The normalized spacial score (nSPS) is 14.9. The fraction of sp³-hybridized carbons (Fsp3) is 0.909. The molecule has 84 valence electrons. The number of rotatable bonds is 7. The third kappa shape index (κ3) is 5.48. The Kier molecular flexibility index (Phi) is 7.96. The van der Waals surface area contributed by atoms with Gasteiger partial charge in [0.05, 0.1) is 0 Å². The van der Waals surface area contributed by atoms with Crippen LogP contribution in [0.1, 0.15) is 46.5 Å². The average Bonchev–Trinajstić information content (AvgIpc) is 2.18. The summed E-state index contributed by atoms with van der Waals surface area (Å²) < 4.78 is 0. The highest BCUT2D eigenvalue weighted by Crippen LogP contribution is 2.12. The van der Waals surface area contributed by atoms with Crippen molar-refractivity contribution in [1.82, 2.24) is 5.32 Å². The molecule has 0 saturated carbocycles. The summed E-state index contributed by atoms with van der Waals surface area (Å²) in [5.41, 5.74) is 0. The van der Waals surface area contributed by atoms with E-state index < -0.39 is 0 Å². The second kappa shape index (κ2) is 8.10. The van der Waals surface area contributed by atoms with Crippen molar-refractivity contribution in [3.05, 3.63) is 0 Å². The molecule has 14 heavy (non-hydrogen) atoms. The van der Waals surface area contributed by atoms with E-state index in [9.17, 15) is 4.79 Å². The standard InChI is InChI=1S/C11H22ClNO/c1-4-6-7-10(5-2)11(14)13-9(3)8-12/h9-10H,4-8H2,1-3H3,(H,13,14). The molecule has 0 rings (SSSR count). The minimum absolute atomic E-state index is 0.0832. The number of amides is 1. The van der Waals surface area contributed by atoms with Crippen LogP contribution in [0.25, 0.3) is 0 Å². The van der Waals surface area contributed by atoms with Gasteiger partial charge in [0.2, 0.25) is 5.91 Å². The molecule has 2 atom stereocenters. The third-order valence-electron chi connectivity index (χ3n) is 2.39. The molecule has 0 aliphatic rings. The fourth-order valence-electron chi connectivity index (χ4n) is 1.37. The van der Waals surface area contributed by atoms with E-state index in [1.54, 1.807) is 0 Å². The molecule has 0 aromatic heterocycles. The van der Waals surface area contributed by atoms with E-state index in [0.29, 0.717) is 5.88 Å². The number of nitrogens with one attached hydrogen (secondary N) is 1. The number of hydrogen-bond donors (Lipinski definition) is 1. The van der Waals surface area contributed by atoms with Gasteiger partial charge in [0.25, 0.3) is 0 Å². The van der Waals surface area contributed by atoms with Crippen LogP contribution in [-0.4, -0.2) is 17.8 Å². The largest absolute Gasteiger partial charge is 0.352 e. The van der Waals surface area contributed by atoms with Crippen LogP contribution in [0.4, 0.5) is 0 Å². The summed E-state index contributed by atoms with van der Waals surface area (Å²) in [5.74, 6) is 0.811. The Morgan fingerprint density at radius 3 is 2.50 bits per heavy atom. The Balaban J connectivity index is 3.90. The highest BCUT2D eigenvalue weighted by atomic mass is 35.5. The maximum absolute atomic E-state index is 11.7. The molecule has 0 radical (unpaired) electrons. The van der Waals surface area contributed by atoms with Gasteiger partial charge in [-0.3, -0.25) is 4.79 Å². The third-order valence-corrected chi connectivity index (χ3v) is 2.85. The maximum atomic E-state index is 11.7. The first-order chi connectivity index (χ1) is 6.65. The van der Waals surface area contributed by atoms with Gasteiger partial charge in [0, 0.05) is 17.8 Å². The number of carbonyl (C=O) groups excluding carboxylic acids is 1. The molecular weight excluding hydrogens is 198 g/mol. The zero-order chi connectivity index (χ0) is 11.0. The van der Waals surface area contributed by atoms with Crippen LogP contribution in [0.2, 0.25) is 0 Å². The molecule has 0 spiro atoms. The van der Waals surface area contributed by atoms with E-state index in [2.05, 4.69) is 19.2 Å². The summed E-state index contributed by atoms with van der Waals surface area (Å²) in [6.45, 7) is 6.13. The summed E-state index contributed by atoms with van der Waals surface area (Å²) >= 11 is 5.63. The molecule has 2 nitrogen and oxygen atoms in total. The molecule has 0 saturated heterocycles. The van der Waals surface area contributed by atoms with Crippen molar-refractivity contribution in [2.45, 2.75) is 52.5 Å². The Morgan fingerprint density at radius 2 is 2.07 bits per heavy atom. The number of halogens is 1. The Hall–Kier alpha value is -0.240. The molecule has 0 bridgehead atoms. The van der Waals surface area contributed by atoms with Crippen LogP contribution < -0.4 is 5.32 Å². The van der Waals surface area contributed by atoms with E-state index in [-0.39, 0.29) is 17.9 Å². The van der Waals surface area contributed by atoms with Gasteiger partial charge < -0.3 is 5.32 Å². The highest BCUT2D eigenvalue weighted by molar-refractivity contribution is 6.18. The number of alkyl halides is 1. The van der Waals surface area contributed by atoms with E-state index in [1.807, 2.05) is 6.92 Å². The number of hydrogen-bond acceptors (Lipinski definition) is 1. The quantitative estimate of drug-likeness (QED) is 0.656. The minimum atomic E-state index is 0.0832. The molecule has 1 N–H and O–H groups in total. The maximum Gasteiger partial charge on any atom is 0.223 e. The molecule has 0 aliphatic carbocycles. The summed E-state index contributed by atoms with van der Waals surface area (Å²) in [4.78, 5) is 11.7. The minimum Gasteiger partial charge on any atom is -0.352 e. The van der Waals surface area contributed by atoms with Gasteiger partial charge in [0.1, 0.15) is 0 Å². The topological polar surface area (TPSA) is 29.1 Å². The molecule has 3 heteroatoms. The molecule has 0 aromatic carbocycles. The van der Waals surface area contributed by atoms with Gasteiger partial charge in [-0.25, -0.2) is 0 Å². The van der Waals surface area contributed by atoms with Gasteiger partial charge in [-0.1, -0.05) is 26.7 Å². The Labute approximate surface area is 92.4 Å². The molecular formula is C11H22ClNO. The zero-order valence-electron chi connectivity index (χ0n) is 9.48. The van der Waals surface area contributed by atoms with Crippen LogP contribution >= 0.6 is 11.6 Å². The predicted octanol–water partition coefficient (Wildman–Crippen LogP) is 2.95. The van der Waals surface area contributed by atoms with Gasteiger partial charge in [0.15, 0.2) is 0 Å². The summed E-state index contributed by atoms with van der Waals surface area (Å²) in [5, 5.41) is 2.92. The van der Waals surface area contributed by atoms with Crippen molar-refractivity contribution in [2.24, 2.45) is 5.92 Å². The average molecular weight is 220 g/mol. The van der Waals surface area contributed by atoms with E-state index >= 15 is 0 Å². The highest BCUT2D eigenvalue weighted by Gasteiger charge is 2.16. The molecule has 2 unspecified atom stereocenters. The lowest BCUT2D eigenvalue weighted by Crippen LogP contribution is -2.38. The summed E-state index contributed by atoms with van der Waals surface area (Å²) in [6, 6.07) is 0.0832. The Morgan fingerprint density at radius 1 is 1.43 bits per heavy atom. The van der Waals surface area contributed by atoms with Crippen molar-refractivity contribution in [3.8, 4) is 0 Å². The van der Waals surface area contributed by atoms with Crippen LogP contribution in [0.5, 0.6) is 0 Å². The lowest BCUT2D eigenvalue weighted by molar-refractivity contribution is -0.125. The SMILES string of the molecule is CCCCC(CC)C(=O)NC(C)CCl. The van der Waals surface area contributed by atoms with Crippen LogP contribution in [0.3, 0.4) is 0 Å². The predicted molar refractivity (Wildman–Crippen MR) is 61.6 cm³/mol. The van der Waals surface area contributed by atoms with E-state index in [1.165, 1.54) is 0 Å². The molecule has 0 aliphatic heterocycles. The van der Waals surface area contributed by atoms with Crippen molar-refractivity contribution >= 4 is 17.5 Å². The fourth-order valence-corrected chi connectivity index (χ4v) is 1.45. The number of carbonyl (C=O) groups is 1. The van der Waals surface area contributed by atoms with Gasteiger partial charge in [-0.15, -0.1) is 11.6 Å². The van der Waals surface area contributed by atoms with Crippen molar-refractivity contribution in [3.63, 3.8) is 0 Å². The summed E-state index contributed by atoms with van der Waals surface area (Å²) in [6.07, 6.45) is 4.19. The van der Waals surface area contributed by atoms with Crippen molar-refractivity contribution < 1.29 is 4.79 Å². The number of unbranched alkanes of at least 4 members (excludes halogenated alkanes) is 1. The van der Waals surface area contributed by atoms with Gasteiger partial charge in [-0.05, 0) is 19.8 Å². The van der Waals surface area contributed by atoms with Crippen LogP contribution in [-0.2, 0) is 4.79 Å². The monoisotopic (exact) mass is 219 g/mol. The first-order valence-electron chi connectivity index (χ1n) is 5.52. The van der Waals surface area contributed by atoms with Crippen LogP contribution in [0.15, 0.2) is 0 Å². The van der Waals surface area contributed by atoms with Gasteiger partial charge in [-0.2, -0.15) is 0 Å². The smallest absolute Gasteiger partial charge is 0.223 e. The second-order valence-electron chi connectivity index (χ2n) is 3.81. The first-order valence-corrected chi connectivity index (χ1v) is 6.05. The lowest BCUT2D eigenvalue weighted by atomic mass is 9.98. The molecule has 1 amide bonds. The van der Waals surface area contributed by atoms with Crippen molar-refractivity contribution in [2.75, 3.05) is 5.88 Å². The van der Waals surface area contributed by atoms with Gasteiger partial charge >= 0.3 is 0 Å². The Bertz CT molecular complexity index is 161. The first kappa shape index (κ1) is 13.8. The molecule has 0 aromatic rings. The van der Waals surface area contributed by atoms with E-state index in [4.69, 9.17) is 11.6 Å².